The highest BCUT2D eigenvalue weighted by Gasteiger charge is 2.19. The quantitative estimate of drug-likeness (QED) is 0.170. The molecule has 0 bridgehead atoms. The van der Waals surface area contributed by atoms with Crippen molar-refractivity contribution in [3.05, 3.63) is 174 Å². The first kappa shape index (κ1) is 32.9. The minimum atomic E-state index is 0.586. The topological polar surface area (TPSA) is 70.6 Å². The van der Waals surface area contributed by atoms with Crippen LogP contribution in [0.15, 0.2) is 166 Å². The van der Waals surface area contributed by atoms with E-state index in [1.54, 1.807) is 11.8 Å². The summed E-state index contributed by atoms with van der Waals surface area (Å²) >= 11 is 1.73. The minimum Gasteiger partial charge on any atom is -0.454 e. The van der Waals surface area contributed by atoms with Gasteiger partial charge in [0.05, 0.1) is 51.0 Å². The molecule has 0 spiro atoms. The number of nitrogens with zero attached hydrogens (tertiary/aromatic N) is 4. The number of hydrogen-bond acceptors (Lipinski definition) is 4. The number of aromatic nitrogens is 2. The van der Waals surface area contributed by atoms with E-state index in [0.717, 1.165) is 71.1 Å². The Balaban J connectivity index is 0.000000303. The third-order valence-electron chi connectivity index (χ3n) is 9.94. The van der Waals surface area contributed by atoms with Crippen molar-refractivity contribution in [3.63, 3.8) is 0 Å². The van der Waals surface area contributed by atoms with Crippen molar-refractivity contribution in [3.8, 4) is 23.5 Å². The molecule has 3 heterocycles. The van der Waals surface area contributed by atoms with Crippen LogP contribution in [-0.2, 0) is 0 Å². The van der Waals surface area contributed by atoms with E-state index in [2.05, 4.69) is 138 Å². The van der Waals surface area contributed by atoms with Crippen molar-refractivity contribution in [1.82, 2.24) is 9.13 Å². The first-order valence-electron chi connectivity index (χ1n) is 17.6. The van der Waals surface area contributed by atoms with Gasteiger partial charge in [-0.05, 0) is 103 Å². The summed E-state index contributed by atoms with van der Waals surface area (Å²) in [6.07, 6.45) is 0. The first-order chi connectivity index (χ1) is 26.4. The van der Waals surface area contributed by atoms with Crippen molar-refractivity contribution in [1.29, 1.82) is 10.5 Å². The largest absolute Gasteiger partial charge is 0.454 e. The summed E-state index contributed by atoms with van der Waals surface area (Å²) < 4.78 is 11.1. The summed E-state index contributed by atoms with van der Waals surface area (Å²) in [5.41, 5.74) is 10.3. The van der Waals surface area contributed by atoms with E-state index in [9.17, 15) is 10.5 Å². The molecule has 3 aromatic heterocycles. The van der Waals surface area contributed by atoms with Gasteiger partial charge in [-0.2, -0.15) is 10.5 Å². The lowest BCUT2D eigenvalue weighted by Gasteiger charge is -2.08. The van der Waals surface area contributed by atoms with Crippen LogP contribution >= 0.6 is 11.8 Å². The standard InChI is InChI=1S/C38H20N4O.C10H12S/c39-21-23-12-15-34-29(18-23)30-19-24(22-40)13-16-35(30)41(34)25-14-17-37-31(20-25)28-8-5-11-36(38(28)43-37)42-32-9-3-1-6-26(32)27-7-2-4-10-33(27)42;1-8(2)11-10-7-5-4-6-9(10)3/h1-20H;4-7H,1H2,2-3H3. The fourth-order valence-corrected chi connectivity index (χ4v) is 8.32. The Bertz CT molecular complexity index is 3090. The molecule has 256 valence electrons. The SMILES string of the molecule is C=C(C)Sc1ccccc1C.N#Cc1ccc2c(c1)c1cc(C#N)ccc1n2-c1ccc2oc3c(-n4c5ccccc5c5ccccc54)cccc3c2c1. The van der Waals surface area contributed by atoms with Crippen molar-refractivity contribution < 1.29 is 4.42 Å². The van der Waals surface area contributed by atoms with Gasteiger partial charge in [0.25, 0.3) is 0 Å². The number of benzene rings is 7. The van der Waals surface area contributed by atoms with Crippen LogP contribution in [0.4, 0.5) is 0 Å². The van der Waals surface area contributed by atoms with E-state index < -0.39 is 0 Å². The molecule has 0 radical (unpaired) electrons. The number of para-hydroxylation sites is 3. The minimum absolute atomic E-state index is 0.586. The fraction of sp³-hybridized carbons (Fsp3) is 0.0417. The molecule has 6 heteroatoms. The first-order valence-corrected chi connectivity index (χ1v) is 18.5. The fourth-order valence-electron chi connectivity index (χ4n) is 7.57. The Labute approximate surface area is 316 Å². The van der Waals surface area contributed by atoms with Crippen LogP contribution in [0.25, 0.3) is 76.9 Å². The number of nitriles is 2. The molecule has 0 N–H and O–H groups in total. The molecule has 0 aliphatic rings. The zero-order valence-corrected chi connectivity index (χ0v) is 30.5. The van der Waals surface area contributed by atoms with Gasteiger partial charge < -0.3 is 13.6 Å². The molecule has 10 aromatic rings. The smallest absolute Gasteiger partial charge is 0.159 e. The second-order valence-electron chi connectivity index (χ2n) is 13.4. The van der Waals surface area contributed by atoms with Gasteiger partial charge in [-0.15, -0.1) is 0 Å². The van der Waals surface area contributed by atoms with E-state index in [4.69, 9.17) is 4.42 Å². The van der Waals surface area contributed by atoms with Gasteiger partial charge in [0, 0.05) is 42.9 Å². The summed E-state index contributed by atoms with van der Waals surface area (Å²) in [7, 11) is 0. The molecule has 54 heavy (non-hydrogen) atoms. The maximum atomic E-state index is 9.58. The number of fused-ring (bicyclic) bond motifs is 9. The summed E-state index contributed by atoms with van der Waals surface area (Å²) in [5, 5.41) is 25.5. The number of allylic oxidation sites excluding steroid dienone is 1. The Hall–Kier alpha value is -6.99. The summed E-state index contributed by atoms with van der Waals surface area (Å²) in [6.45, 7) is 8.00. The molecule has 5 nitrogen and oxygen atoms in total. The third-order valence-corrected chi connectivity index (χ3v) is 11.0. The Morgan fingerprint density at radius 3 is 1.76 bits per heavy atom. The van der Waals surface area contributed by atoms with Crippen LogP contribution < -0.4 is 0 Å². The molecule has 0 saturated heterocycles. The number of furan rings is 1. The van der Waals surface area contributed by atoms with E-state index in [0.29, 0.717) is 11.1 Å². The zero-order valence-electron chi connectivity index (χ0n) is 29.7. The highest BCUT2D eigenvalue weighted by Crippen LogP contribution is 2.40. The number of aryl methyl sites for hydroxylation is 1. The van der Waals surface area contributed by atoms with Crippen LogP contribution in [-0.4, -0.2) is 9.13 Å². The highest BCUT2D eigenvalue weighted by molar-refractivity contribution is 8.03. The molecule has 0 unspecified atom stereocenters. The van der Waals surface area contributed by atoms with Crippen molar-refractivity contribution in [2.24, 2.45) is 0 Å². The normalized spacial score (nSPS) is 11.3. The Kier molecular flexibility index (Phi) is 8.04. The van der Waals surface area contributed by atoms with Gasteiger partial charge in [-0.25, -0.2) is 0 Å². The third kappa shape index (κ3) is 5.40. The number of thioether (sulfide) groups is 1. The van der Waals surface area contributed by atoms with E-state index in [1.165, 1.54) is 21.2 Å². The average Bonchev–Trinajstić information content (AvgIpc) is 3.86. The van der Waals surface area contributed by atoms with Gasteiger partial charge in [0.2, 0.25) is 0 Å². The van der Waals surface area contributed by atoms with Crippen LogP contribution in [0.3, 0.4) is 0 Å². The van der Waals surface area contributed by atoms with E-state index >= 15 is 0 Å². The van der Waals surface area contributed by atoms with E-state index in [1.807, 2.05) is 49.4 Å². The molecule has 0 atom stereocenters. The lowest BCUT2D eigenvalue weighted by molar-refractivity contribution is 0.666. The number of hydrogen-bond donors (Lipinski definition) is 0. The second kappa shape index (κ2) is 13.2. The van der Waals surface area contributed by atoms with Crippen molar-refractivity contribution >= 4 is 77.3 Å². The van der Waals surface area contributed by atoms with Gasteiger partial charge >= 0.3 is 0 Å². The molecule has 0 aliphatic heterocycles. The van der Waals surface area contributed by atoms with Crippen molar-refractivity contribution in [2.75, 3.05) is 0 Å². The molecule has 0 aliphatic carbocycles. The predicted molar refractivity (Wildman–Crippen MR) is 224 cm³/mol. The van der Waals surface area contributed by atoms with Crippen LogP contribution in [0, 0.1) is 29.6 Å². The molecular formula is C48H32N4OS. The van der Waals surface area contributed by atoms with Gasteiger partial charge in [-0.3, -0.25) is 0 Å². The van der Waals surface area contributed by atoms with Crippen molar-refractivity contribution in [2.45, 2.75) is 18.7 Å². The summed E-state index contributed by atoms with van der Waals surface area (Å²) in [6, 6.07) is 53.9. The number of rotatable bonds is 4. The average molecular weight is 713 g/mol. The van der Waals surface area contributed by atoms with Gasteiger partial charge in [-0.1, -0.05) is 85.1 Å². The molecule has 0 fully saturated rings. The Morgan fingerprint density at radius 2 is 1.15 bits per heavy atom. The van der Waals surface area contributed by atoms with Gasteiger partial charge in [0.1, 0.15) is 5.58 Å². The molecule has 0 amide bonds. The monoisotopic (exact) mass is 712 g/mol. The molecule has 7 aromatic carbocycles. The Morgan fingerprint density at radius 1 is 0.574 bits per heavy atom. The molecule has 10 rings (SSSR count). The summed E-state index contributed by atoms with van der Waals surface area (Å²) in [5.74, 6) is 0. The van der Waals surface area contributed by atoms with Gasteiger partial charge in [0.15, 0.2) is 5.58 Å². The second-order valence-corrected chi connectivity index (χ2v) is 14.7. The lowest BCUT2D eigenvalue weighted by Crippen LogP contribution is -1.94. The highest BCUT2D eigenvalue weighted by atomic mass is 32.2. The maximum absolute atomic E-state index is 9.58. The van der Waals surface area contributed by atoms with Crippen LogP contribution in [0.5, 0.6) is 0 Å². The predicted octanol–water partition coefficient (Wildman–Crippen LogP) is 13.1. The van der Waals surface area contributed by atoms with E-state index in [-0.39, 0.29) is 0 Å². The molecular weight excluding hydrogens is 681 g/mol. The van der Waals surface area contributed by atoms with Crippen LogP contribution in [0.2, 0.25) is 0 Å². The van der Waals surface area contributed by atoms with Crippen LogP contribution in [0.1, 0.15) is 23.6 Å². The zero-order chi connectivity index (χ0) is 36.9. The summed E-state index contributed by atoms with van der Waals surface area (Å²) in [4.78, 5) is 2.44. The maximum Gasteiger partial charge on any atom is 0.159 e. The lowest BCUT2D eigenvalue weighted by atomic mass is 10.1. The molecule has 0 saturated carbocycles.